The second-order valence-electron chi connectivity index (χ2n) is 7.40. The van der Waals surface area contributed by atoms with E-state index in [1.807, 2.05) is 14.1 Å². The quantitative estimate of drug-likeness (QED) is 0.767. The van der Waals surface area contributed by atoms with E-state index in [0.717, 1.165) is 44.2 Å². The van der Waals surface area contributed by atoms with Crippen molar-refractivity contribution in [2.45, 2.75) is 38.2 Å². The fourth-order valence-corrected chi connectivity index (χ4v) is 3.77. The molecule has 6 nitrogen and oxygen atoms in total. The maximum Gasteiger partial charge on any atom is 0.229 e. The fourth-order valence-electron chi connectivity index (χ4n) is 3.77. The monoisotopic (exact) mass is 336 g/mol. The van der Waals surface area contributed by atoms with Crippen molar-refractivity contribution >= 4 is 5.90 Å². The van der Waals surface area contributed by atoms with Gasteiger partial charge < -0.3 is 19.4 Å². The van der Waals surface area contributed by atoms with Gasteiger partial charge in [0.05, 0.1) is 5.82 Å². The van der Waals surface area contributed by atoms with Crippen LogP contribution in [0.15, 0.2) is 17.6 Å². The van der Waals surface area contributed by atoms with Crippen LogP contribution in [0.25, 0.3) is 0 Å². The number of rotatable bonds is 5. The van der Waals surface area contributed by atoms with Gasteiger partial charge in [0, 0.05) is 39.6 Å². The number of piperidine rings is 2. The van der Waals surface area contributed by atoms with E-state index in [1.165, 1.54) is 32.4 Å². The maximum atomic E-state index is 6.20. The van der Waals surface area contributed by atoms with Crippen molar-refractivity contribution in [3.8, 4) is 0 Å². The van der Waals surface area contributed by atoms with Gasteiger partial charge in [-0.05, 0) is 38.8 Å². The van der Waals surface area contributed by atoms with Gasteiger partial charge in [0.1, 0.15) is 6.10 Å². The van der Waals surface area contributed by atoms with Crippen molar-refractivity contribution in [1.29, 1.82) is 0 Å². The Morgan fingerprint density at radius 3 is 2.54 bits per heavy atom. The number of likely N-dealkylation sites (tertiary alicyclic amines) is 2. The van der Waals surface area contributed by atoms with Crippen molar-refractivity contribution < 1.29 is 9.57 Å². The first-order chi connectivity index (χ1) is 11.6. The number of nitrogens with zero attached hydrogens (tertiary/aromatic N) is 4. The molecule has 136 valence electrons. The highest BCUT2D eigenvalue weighted by atomic mass is 16.7. The highest BCUT2D eigenvalue weighted by Crippen LogP contribution is 2.25. The predicted octanol–water partition coefficient (Wildman–Crippen LogP) is 1.95. The summed E-state index contributed by atoms with van der Waals surface area (Å²) in [5.74, 6) is 2.28. The second-order valence-corrected chi connectivity index (χ2v) is 7.40. The lowest BCUT2D eigenvalue weighted by molar-refractivity contribution is -0.0174. The molecule has 0 spiro atoms. The minimum Gasteiger partial charge on any atom is -0.470 e. The number of hydrogen-bond donors (Lipinski definition) is 0. The van der Waals surface area contributed by atoms with E-state index < -0.39 is 0 Å². The first-order valence-corrected chi connectivity index (χ1v) is 9.33. The molecule has 1 atom stereocenters. The minimum absolute atomic E-state index is 0.130. The molecule has 3 aliphatic rings. The van der Waals surface area contributed by atoms with Gasteiger partial charge in [0.25, 0.3) is 0 Å². The largest absolute Gasteiger partial charge is 0.470 e. The summed E-state index contributed by atoms with van der Waals surface area (Å²) in [5.41, 5.74) is 0. The summed E-state index contributed by atoms with van der Waals surface area (Å²) in [7, 11) is 4.09. The van der Waals surface area contributed by atoms with Gasteiger partial charge >= 0.3 is 0 Å². The van der Waals surface area contributed by atoms with Gasteiger partial charge in [-0.3, -0.25) is 4.90 Å². The number of hydrogen-bond acceptors (Lipinski definition) is 6. The lowest BCUT2D eigenvalue weighted by Gasteiger charge is -2.38. The molecular weight excluding hydrogens is 304 g/mol. The smallest absolute Gasteiger partial charge is 0.229 e. The van der Waals surface area contributed by atoms with Crippen molar-refractivity contribution in [3.63, 3.8) is 0 Å². The van der Waals surface area contributed by atoms with Crippen LogP contribution in [0, 0.1) is 5.92 Å². The fraction of sp³-hybridized carbons (Fsp3) is 0.833. The molecule has 3 aliphatic heterocycles. The third-order valence-electron chi connectivity index (χ3n) is 5.34. The first-order valence-electron chi connectivity index (χ1n) is 9.33. The van der Waals surface area contributed by atoms with Crippen LogP contribution in [0.4, 0.5) is 0 Å². The molecule has 6 heteroatoms. The molecule has 2 saturated heterocycles. The molecule has 2 fully saturated rings. The lowest BCUT2D eigenvalue weighted by atomic mass is 9.96. The average molecular weight is 336 g/mol. The van der Waals surface area contributed by atoms with Crippen LogP contribution in [-0.2, 0) is 9.57 Å². The van der Waals surface area contributed by atoms with Gasteiger partial charge in [-0.15, -0.1) is 0 Å². The average Bonchev–Trinajstić information content (AvgIpc) is 2.62. The summed E-state index contributed by atoms with van der Waals surface area (Å²) in [6.45, 7) is 10.1. The zero-order valence-corrected chi connectivity index (χ0v) is 15.2. The van der Waals surface area contributed by atoms with Gasteiger partial charge in [0.15, 0.2) is 6.61 Å². The molecule has 0 radical (unpaired) electrons. The molecule has 0 aromatic heterocycles. The Kier molecular flexibility index (Phi) is 5.87. The molecule has 0 saturated carbocycles. The molecular formula is C18H32N4O2. The molecule has 3 rings (SSSR count). The van der Waals surface area contributed by atoms with Gasteiger partial charge in [0.2, 0.25) is 5.90 Å². The molecule has 0 aliphatic carbocycles. The normalized spacial score (nSPS) is 26.3. The highest BCUT2D eigenvalue weighted by molar-refractivity contribution is 5.78. The Balaban J connectivity index is 1.47. The standard InChI is InChI=1S/C18H32N4O2/c1-15(20(2)3)22-11-7-16(8-12-22)18-19-23-14-17(24-18)13-21-9-5-4-6-10-21/h16-17H,1,4-14H2,2-3H3. The van der Waals surface area contributed by atoms with Crippen LogP contribution in [0.3, 0.4) is 0 Å². The third-order valence-corrected chi connectivity index (χ3v) is 5.34. The Bertz CT molecular complexity index is 452. The van der Waals surface area contributed by atoms with E-state index in [-0.39, 0.29) is 6.10 Å². The second kappa shape index (κ2) is 8.10. The van der Waals surface area contributed by atoms with Crippen molar-refractivity contribution in [2.24, 2.45) is 11.1 Å². The van der Waals surface area contributed by atoms with Gasteiger partial charge in [-0.2, -0.15) is 0 Å². The maximum absolute atomic E-state index is 6.20. The topological polar surface area (TPSA) is 40.5 Å². The van der Waals surface area contributed by atoms with Crippen LogP contribution < -0.4 is 0 Å². The van der Waals surface area contributed by atoms with E-state index in [1.54, 1.807) is 0 Å². The van der Waals surface area contributed by atoms with Gasteiger partial charge in [-0.1, -0.05) is 18.2 Å². The van der Waals surface area contributed by atoms with E-state index >= 15 is 0 Å². The zero-order chi connectivity index (χ0) is 16.9. The van der Waals surface area contributed by atoms with Crippen LogP contribution in [0.2, 0.25) is 0 Å². The van der Waals surface area contributed by atoms with Crippen LogP contribution in [0.1, 0.15) is 32.1 Å². The zero-order valence-electron chi connectivity index (χ0n) is 15.2. The van der Waals surface area contributed by atoms with Crippen molar-refractivity contribution in [2.75, 3.05) is 53.4 Å². The molecule has 0 N–H and O–H groups in total. The molecule has 3 heterocycles. The molecule has 0 aromatic rings. The molecule has 1 unspecified atom stereocenters. The number of oxime groups is 1. The molecule has 0 bridgehead atoms. The summed E-state index contributed by atoms with van der Waals surface area (Å²) in [4.78, 5) is 12.4. The number of ether oxygens (including phenoxy) is 1. The Morgan fingerprint density at radius 1 is 1.17 bits per heavy atom. The Morgan fingerprint density at radius 2 is 1.88 bits per heavy atom. The van der Waals surface area contributed by atoms with E-state index in [2.05, 4.69) is 26.4 Å². The van der Waals surface area contributed by atoms with Crippen LogP contribution in [0.5, 0.6) is 0 Å². The molecule has 0 aromatic carbocycles. The third kappa shape index (κ3) is 4.35. The summed E-state index contributed by atoms with van der Waals surface area (Å²) >= 11 is 0. The summed E-state index contributed by atoms with van der Waals surface area (Å²) < 4.78 is 6.20. The van der Waals surface area contributed by atoms with E-state index in [4.69, 9.17) is 9.57 Å². The first kappa shape index (κ1) is 17.4. The summed E-state index contributed by atoms with van der Waals surface area (Å²) in [5, 5.41) is 4.23. The minimum atomic E-state index is 0.130. The highest BCUT2D eigenvalue weighted by Gasteiger charge is 2.31. The predicted molar refractivity (Wildman–Crippen MR) is 95.7 cm³/mol. The summed E-state index contributed by atoms with van der Waals surface area (Å²) in [6, 6.07) is 0. The van der Waals surface area contributed by atoms with E-state index in [9.17, 15) is 0 Å². The van der Waals surface area contributed by atoms with Gasteiger partial charge in [-0.25, -0.2) is 0 Å². The lowest BCUT2D eigenvalue weighted by Crippen LogP contribution is -2.45. The molecule has 0 amide bonds. The molecule has 24 heavy (non-hydrogen) atoms. The van der Waals surface area contributed by atoms with Crippen molar-refractivity contribution in [1.82, 2.24) is 14.7 Å². The van der Waals surface area contributed by atoms with Crippen molar-refractivity contribution in [3.05, 3.63) is 12.4 Å². The Labute approximate surface area is 146 Å². The van der Waals surface area contributed by atoms with Crippen LogP contribution >= 0.6 is 0 Å². The SMILES string of the molecule is C=C(N(C)C)N1CCC(C2=NOCC(CN3CCCCC3)O2)CC1. The van der Waals surface area contributed by atoms with E-state index in [0.29, 0.717) is 12.5 Å². The Hall–Kier alpha value is -1.43. The van der Waals surface area contributed by atoms with Crippen LogP contribution in [-0.4, -0.2) is 80.1 Å². The summed E-state index contributed by atoms with van der Waals surface area (Å²) in [6.07, 6.45) is 6.20.